The number of hydrogen-bond donors (Lipinski definition) is 2. The third kappa shape index (κ3) is 8.41. The maximum absolute atomic E-state index is 9.83. The van der Waals surface area contributed by atoms with E-state index in [1.165, 1.54) is 5.56 Å². The van der Waals surface area contributed by atoms with Gasteiger partial charge in [0, 0.05) is 12.1 Å². The summed E-state index contributed by atoms with van der Waals surface area (Å²) >= 11 is 0. The van der Waals surface area contributed by atoms with Crippen molar-refractivity contribution < 1.29 is 22.3 Å². The second-order valence-corrected chi connectivity index (χ2v) is 5.99. The fourth-order valence-corrected chi connectivity index (χ4v) is 1.72. The molecule has 0 bridgehead atoms. The second kappa shape index (κ2) is 9.22. The van der Waals surface area contributed by atoms with Gasteiger partial charge in [0.25, 0.3) is 0 Å². The van der Waals surface area contributed by atoms with Crippen LogP contribution in [0.1, 0.15) is 39.7 Å². The van der Waals surface area contributed by atoms with Crippen molar-refractivity contribution in [1.82, 2.24) is 5.32 Å². The van der Waals surface area contributed by atoms with Gasteiger partial charge in [-0.1, -0.05) is 25.5 Å². The summed E-state index contributed by atoms with van der Waals surface area (Å²) in [4.78, 5) is 0. The number of β-amino-alcohol motifs (C(OH)–C–C–N with tert-alkyl or cyclic N) is 1. The minimum Gasteiger partial charge on any atom is -1.00 e. The van der Waals surface area contributed by atoms with Crippen molar-refractivity contribution in [1.29, 1.82) is 0 Å². The van der Waals surface area contributed by atoms with Gasteiger partial charge in [-0.3, -0.25) is 0 Å². The number of hydrogen-bond acceptors (Lipinski definition) is 3. The van der Waals surface area contributed by atoms with Gasteiger partial charge in [0.1, 0.15) is 18.5 Å². The quantitative estimate of drug-likeness (QED) is 0.731. The molecule has 0 aliphatic rings. The van der Waals surface area contributed by atoms with E-state index in [2.05, 4.69) is 45.1 Å². The van der Waals surface area contributed by atoms with Gasteiger partial charge in [0.15, 0.2) is 0 Å². The summed E-state index contributed by atoms with van der Waals surface area (Å²) in [6.45, 7) is 9.25. The lowest BCUT2D eigenvalue weighted by atomic mass is 10.1. The highest BCUT2D eigenvalue weighted by molar-refractivity contribution is 5.27. The molecule has 0 aliphatic carbocycles. The summed E-state index contributed by atoms with van der Waals surface area (Å²) in [6.07, 6.45) is 1.75. The highest BCUT2D eigenvalue weighted by Crippen LogP contribution is 2.13. The van der Waals surface area contributed by atoms with Crippen LogP contribution >= 0.6 is 0 Å². The van der Waals surface area contributed by atoms with Crippen molar-refractivity contribution in [3.8, 4) is 5.75 Å². The van der Waals surface area contributed by atoms with Crippen LogP contribution in [0, 0.1) is 0 Å². The average Bonchev–Trinajstić information content (AvgIpc) is 2.35. The van der Waals surface area contributed by atoms with Gasteiger partial charge < -0.3 is 27.6 Å². The lowest BCUT2D eigenvalue weighted by molar-refractivity contribution is -0.00000629. The van der Waals surface area contributed by atoms with Crippen molar-refractivity contribution in [2.45, 2.75) is 52.2 Å². The van der Waals surface area contributed by atoms with Crippen LogP contribution in [0.4, 0.5) is 0 Å². The molecule has 0 radical (unpaired) electrons. The van der Waals surface area contributed by atoms with E-state index in [9.17, 15) is 5.11 Å². The maximum Gasteiger partial charge on any atom is 0.119 e. The zero-order valence-corrected chi connectivity index (χ0v) is 13.7. The van der Waals surface area contributed by atoms with E-state index in [0.717, 1.165) is 18.6 Å². The van der Waals surface area contributed by atoms with Crippen LogP contribution in [-0.2, 0) is 6.42 Å². The molecule has 3 nitrogen and oxygen atoms in total. The SMILES string of the molecule is CCCc1ccc(OCC(O)CNC(C)(C)C)cc1.[Cl-]. The number of ether oxygens (including phenoxy) is 1. The Morgan fingerprint density at radius 3 is 2.30 bits per heavy atom. The fourth-order valence-electron chi connectivity index (χ4n) is 1.72. The van der Waals surface area contributed by atoms with E-state index in [1.54, 1.807) is 0 Å². The largest absolute Gasteiger partial charge is 1.00 e. The zero-order valence-electron chi connectivity index (χ0n) is 12.9. The average molecular weight is 301 g/mol. The van der Waals surface area contributed by atoms with Crippen LogP contribution in [0.2, 0.25) is 0 Å². The third-order valence-electron chi connectivity index (χ3n) is 2.77. The van der Waals surface area contributed by atoms with Crippen LogP contribution < -0.4 is 22.5 Å². The highest BCUT2D eigenvalue weighted by Gasteiger charge is 2.12. The summed E-state index contributed by atoms with van der Waals surface area (Å²) in [5, 5.41) is 13.1. The first-order chi connectivity index (χ1) is 8.90. The molecule has 0 aromatic heterocycles. The summed E-state index contributed by atoms with van der Waals surface area (Å²) in [5.41, 5.74) is 1.34. The number of halogens is 1. The van der Waals surface area contributed by atoms with Gasteiger partial charge in [-0.2, -0.15) is 0 Å². The van der Waals surface area contributed by atoms with Gasteiger partial charge in [0.2, 0.25) is 0 Å². The molecule has 0 heterocycles. The Kier molecular flexibility index (Phi) is 8.86. The first-order valence-corrected chi connectivity index (χ1v) is 7.05. The molecule has 20 heavy (non-hydrogen) atoms. The minimum absolute atomic E-state index is 0. The Labute approximate surface area is 129 Å². The zero-order chi connectivity index (χ0) is 14.3. The predicted octanol–water partition coefficient (Wildman–Crippen LogP) is -0.229. The molecule has 1 aromatic carbocycles. The van der Waals surface area contributed by atoms with E-state index in [-0.39, 0.29) is 17.9 Å². The molecule has 0 spiro atoms. The number of aryl methyl sites for hydroxylation is 1. The van der Waals surface area contributed by atoms with E-state index >= 15 is 0 Å². The lowest BCUT2D eigenvalue weighted by Gasteiger charge is -2.23. The fraction of sp³-hybridized carbons (Fsp3) is 0.625. The molecule has 0 aliphatic heterocycles. The Hall–Kier alpha value is -0.770. The normalized spacial score (nSPS) is 12.7. The molecular formula is C16H27ClNO2-. The van der Waals surface area contributed by atoms with E-state index in [0.29, 0.717) is 13.2 Å². The van der Waals surface area contributed by atoms with Crippen molar-refractivity contribution in [2.24, 2.45) is 0 Å². The first-order valence-electron chi connectivity index (χ1n) is 7.05. The number of aliphatic hydroxyl groups excluding tert-OH is 1. The van der Waals surface area contributed by atoms with Crippen molar-refractivity contribution >= 4 is 0 Å². The Morgan fingerprint density at radius 1 is 1.20 bits per heavy atom. The Morgan fingerprint density at radius 2 is 1.80 bits per heavy atom. The van der Waals surface area contributed by atoms with Crippen LogP contribution in [-0.4, -0.2) is 29.9 Å². The van der Waals surface area contributed by atoms with Crippen molar-refractivity contribution in [3.05, 3.63) is 29.8 Å². The van der Waals surface area contributed by atoms with Crippen molar-refractivity contribution in [2.75, 3.05) is 13.2 Å². The van der Waals surface area contributed by atoms with E-state index in [4.69, 9.17) is 4.74 Å². The maximum atomic E-state index is 9.83. The number of rotatable bonds is 7. The summed E-state index contributed by atoms with van der Waals surface area (Å²) in [7, 11) is 0. The van der Waals surface area contributed by atoms with Gasteiger partial charge in [-0.25, -0.2) is 0 Å². The minimum atomic E-state index is -0.491. The van der Waals surface area contributed by atoms with Crippen LogP contribution in [0.15, 0.2) is 24.3 Å². The molecule has 1 atom stereocenters. The molecule has 1 aromatic rings. The Bertz CT molecular complexity index is 360. The predicted molar refractivity (Wildman–Crippen MR) is 79.7 cm³/mol. The molecule has 0 saturated heterocycles. The monoisotopic (exact) mass is 300 g/mol. The summed E-state index contributed by atoms with van der Waals surface area (Å²) < 4.78 is 5.58. The van der Waals surface area contributed by atoms with Crippen LogP contribution in [0.5, 0.6) is 5.75 Å². The highest BCUT2D eigenvalue weighted by atomic mass is 35.5. The number of aliphatic hydroxyl groups is 1. The standard InChI is InChI=1S/C16H27NO2.ClH/c1-5-6-13-7-9-15(10-8-13)19-12-14(18)11-17-16(2,3)4;/h7-10,14,17-18H,5-6,11-12H2,1-4H3;1H/p-1. The van der Waals surface area contributed by atoms with Crippen LogP contribution in [0.3, 0.4) is 0 Å². The number of nitrogens with one attached hydrogen (secondary N) is 1. The van der Waals surface area contributed by atoms with Gasteiger partial charge in [-0.05, 0) is 44.9 Å². The van der Waals surface area contributed by atoms with Gasteiger partial charge in [0.05, 0.1) is 0 Å². The third-order valence-corrected chi connectivity index (χ3v) is 2.77. The Balaban J connectivity index is 0.00000361. The molecular weight excluding hydrogens is 274 g/mol. The number of benzene rings is 1. The first kappa shape index (κ1) is 19.2. The molecule has 116 valence electrons. The van der Waals surface area contributed by atoms with E-state index in [1.807, 2.05) is 12.1 Å². The summed E-state index contributed by atoms with van der Waals surface area (Å²) in [5.74, 6) is 0.815. The molecule has 0 fully saturated rings. The van der Waals surface area contributed by atoms with Crippen molar-refractivity contribution in [3.63, 3.8) is 0 Å². The smallest absolute Gasteiger partial charge is 0.119 e. The summed E-state index contributed by atoms with van der Waals surface area (Å²) in [6, 6.07) is 8.10. The van der Waals surface area contributed by atoms with Crippen LogP contribution in [0.25, 0.3) is 0 Å². The van der Waals surface area contributed by atoms with E-state index < -0.39 is 6.10 Å². The molecule has 0 amide bonds. The topological polar surface area (TPSA) is 41.5 Å². The second-order valence-electron chi connectivity index (χ2n) is 5.99. The van der Waals surface area contributed by atoms with Gasteiger partial charge in [-0.15, -0.1) is 0 Å². The molecule has 0 saturated carbocycles. The molecule has 4 heteroatoms. The molecule has 2 N–H and O–H groups in total. The molecule has 1 unspecified atom stereocenters. The lowest BCUT2D eigenvalue weighted by Crippen LogP contribution is -3.00. The molecule has 1 rings (SSSR count). The van der Waals surface area contributed by atoms with Gasteiger partial charge >= 0.3 is 0 Å².